The fraction of sp³-hybridized carbons (Fsp3) is 0.500. The molecule has 1 aromatic rings. The van der Waals surface area contributed by atoms with Crippen molar-refractivity contribution in [3.05, 3.63) is 23.8 Å². The first-order chi connectivity index (χ1) is 9.11. The van der Waals surface area contributed by atoms with Crippen molar-refractivity contribution < 1.29 is 14.6 Å². The van der Waals surface area contributed by atoms with Gasteiger partial charge in [-0.1, -0.05) is 13.0 Å². The molecule has 1 amide bonds. The van der Waals surface area contributed by atoms with E-state index in [1.165, 1.54) is 0 Å². The van der Waals surface area contributed by atoms with Gasteiger partial charge in [0, 0.05) is 6.04 Å². The average molecular weight is 264 g/mol. The Morgan fingerprint density at radius 2 is 2.26 bits per heavy atom. The molecule has 2 unspecified atom stereocenters. The van der Waals surface area contributed by atoms with Gasteiger partial charge in [0.25, 0.3) is 0 Å². The van der Waals surface area contributed by atoms with Gasteiger partial charge in [-0.05, 0) is 31.2 Å². The summed E-state index contributed by atoms with van der Waals surface area (Å²) >= 11 is 0. The van der Waals surface area contributed by atoms with Crippen LogP contribution in [-0.2, 0) is 9.53 Å². The highest BCUT2D eigenvalue weighted by Gasteiger charge is 2.33. The lowest BCUT2D eigenvalue weighted by Crippen LogP contribution is -2.41. The molecule has 2 atom stereocenters. The number of hydrogen-bond acceptors (Lipinski definition) is 4. The largest absolute Gasteiger partial charge is 0.506 e. The first-order valence-electron chi connectivity index (χ1n) is 6.53. The molecule has 2 rings (SSSR count). The van der Waals surface area contributed by atoms with Crippen molar-refractivity contribution in [3.63, 3.8) is 0 Å². The molecule has 0 aromatic heterocycles. The molecule has 1 heterocycles. The van der Waals surface area contributed by atoms with Gasteiger partial charge in [-0.25, -0.2) is 0 Å². The molecular formula is C14H20N2O3. The second-order valence-corrected chi connectivity index (χ2v) is 4.82. The quantitative estimate of drug-likeness (QED) is 0.716. The first kappa shape index (κ1) is 13.8. The minimum atomic E-state index is -0.222. The fourth-order valence-electron chi connectivity index (χ4n) is 2.25. The molecule has 1 aromatic carbocycles. The van der Waals surface area contributed by atoms with Gasteiger partial charge >= 0.3 is 0 Å². The van der Waals surface area contributed by atoms with E-state index in [4.69, 9.17) is 4.74 Å². The number of carbonyl (C=O) groups excluding carboxylic acids is 1. The number of carbonyl (C=O) groups is 1. The predicted octanol–water partition coefficient (Wildman–Crippen LogP) is 1.26. The Kier molecular flexibility index (Phi) is 4.39. The van der Waals surface area contributed by atoms with E-state index in [9.17, 15) is 9.90 Å². The van der Waals surface area contributed by atoms with E-state index >= 15 is 0 Å². The SMILES string of the molecule is CCNC1COCC1C(=O)Nc1cc(C)ccc1O. The van der Waals surface area contributed by atoms with Crippen LogP contribution in [0, 0.1) is 12.8 Å². The van der Waals surface area contributed by atoms with Crippen LogP contribution in [0.15, 0.2) is 18.2 Å². The third-order valence-electron chi connectivity index (χ3n) is 3.29. The zero-order chi connectivity index (χ0) is 13.8. The maximum absolute atomic E-state index is 12.2. The number of aromatic hydroxyl groups is 1. The molecule has 19 heavy (non-hydrogen) atoms. The molecule has 5 heteroatoms. The number of rotatable bonds is 4. The highest BCUT2D eigenvalue weighted by atomic mass is 16.5. The van der Waals surface area contributed by atoms with Crippen LogP contribution in [-0.4, -0.2) is 36.8 Å². The third-order valence-corrected chi connectivity index (χ3v) is 3.29. The first-order valence-corrected chi connectivity index (χ1v) is 6.53. The lowest BCUT2D eigenvalue weighted by Gasteiger charge is -2.18. The Balaban J connectivity index is 2.06. The van der Waals surface area contributed by atoms with Crippen LogP contribution in [0.5, 0.6) is 5.75 Å². The molecule has 1 fully saturated rings. The zero-order valence-corrected chi connectivity index (χ0v) is 11.3. The normalized spacial score (nSPS) is 22.4. The summed E-state index contributed by atoms with van der Waals surface area (Å²) in [5.74, 6) is -0.262. The molecule has 1 saturated heterocycles. The summed E-state index contributed by atoms with van der Waals surface area (Å²) in [6, 6.07) is 5.17. The van der Waals surface area contributed by atoms with Gasteiger partial charge in [0.15, 0.2) is 0 Å². The molecule has 0 bridgehead atoms. The number of hydrogen-bond donors (Lipinski definition) is 3. The van der Waals surface area contributed by atoms with Crippen LogP contribution in [0.4, 0.5) is 5.69 Å². The predicted molar refractivity (Wildman–Crippen MR) is 73.2 cm³/mol. The smallest absolute Gasteiger partial charge is 0.231 e. The number of phenols is 1. The summed E-state index contributed by atoms with van der Waals surface area (Å²) in [6.07, 6.45) is 0. The molecule has 0 aliphatic carbocycles. The minimum absolute atomic E-state index is 0.0388. The fourth-order valence-corrected chi connectivity index (χ4v) is 2.25. The van der Waals surface area contributed by atoms with Gasteiger partial charge in [0.05, 0.1) is 24.8 Å². The lowest BCUT2D eigenvalue weighted by atomic mass is 10.0. The van der Waals surface area contributed by atoms with Gasteiger partial charge in [0.2, 0.25) is 5.91 Å². The van der Waals surface area contributed by atoms with E-state index in [-0.39, 0.29) is 23.6 Å². The van der Waals surface area contributed by atoms with Gasteiger partial charge in [-0.3, -0.25) is 4.79 Å². The van der Waals surface area contributed by atoms with E-state index in [0.29, 0.717) is 18.9 Å². The number of anilines is 1. The van der Waals surface area contributed by atoms with E-state index in [2.05, 4.69) is 10.6 Å². The van der Waals surface area contributed by atoms with Crippen molar-refractivity contribution in [2.45, 2.75) is 19.9 Å². The van der Waals surface area contributed by atoms with E-state index in [1.54, 1.807) is 18.2 Å². The molecule has 104 valence electrons. The Morgan fingerprint density at radius 1 is 1.47 bits per heavy atom. The topological polar surface area (TPSA) is 70.6 Å². The van der Waals surface area contributed by atoms with Crippen molar-refractivity contribution >= 4 is 11.6 Å². The number of aryl methyl sites for hydroxylation is 1. The maximum atomic E-state index is 12.2. The van der Waals surface area contributed by atoms with Gasteiger partial charge in [0.1, 0.15) is 5.75 Å². The molecule has 0 radical (unpaired) electrons. The number of nitrogens with one attached hydrogen (secondary N) is 2. The van der Waals surface area contributed by atoms with E-state index < -0.39 is 0 Å². The minimum Gasteiger partial charge on any atom is -0.506 e. The summed E-state index contributed by atoms with van der Waals surface area (Å²) in [7, 11) is 0. The van der Waals surface area contributed by atoms with Gasteiger partial charge in [-0.15, -0.1) is 0 Å². The van der Waals surface area contributed by atoms with Crippen molar-refractivity contribution in [1.29, 1.82) is 0 Å². The summed E-state index contributed by atoms with van der Waals surface area (Å²) in [6.45, 7) is 5.67. The van der Waals surface area contributed by atoms with Gasteiger partial charge < -0.3 is 20.5 Å². The average Bonchev–Trinajstić information content (AvgIpc) is 2.82. The Morgan fingerprint density at radius 3 is 3.00 bits per heavy atom. The van der Waals surface area contributed by atoms with Crippen LogP contribution in [0.1, 0.15) is 12.5 Å². The van der Waals surface area contributed by atoms with Crippen LogP contribution in [0.25, 0.3) is 0 Å². The number of benzene rings is 1. The second kappa shape index (κ2) is 6.04. The van der Waals surface area contributed by atoms with Crippen molar-refractivity contribution in [3.8, 4) is 5.75 Å². The summed E-state index contributed by atoms with van der Waals surface area (Å²) in [4.78, 5) is 12.2. The summed E-state index contributed by atoms with van der Waals surface area (Å²) < 4.78 is 5.35. The standard InChI is InChI=1S/C14H20N2O3/c1-3-15-12-8-19-7-10(12)14(18)16-11-6-9(2)4-5-13(11)17/h4-6,10,12,15,17H,3,7-8H2,1-2H3,(H,16,18). The maximum Gasteiger partial charge on any atom is 0.231 e. The summed E-state index contributed by atoms with van der Waals surface area (Å²) in [5.41, 5.74) is 1.44. The highest BCUT2D eigenvalue weighted by Crippen LogP contribution is 2.25. The van der Waals surface area contributed by atoms with Crippen LogP contribution < -0.4 is 10.6 Å². The van der Waals surface area contributed by atoms with E-state index in [0.717, 1.165) is 12.1 Å². The summed E-state index contributed by atoms with van der Waals surface area (Å²) in [5, 5.41) is 15.7. The Labute approximate surface area is 113 Å². The Bertz CT molecular complexity index is 462. The number of ether oxygens (including phenoxy) is 1. The molecule has 0 saturated carbocycles. The molecule has 1 aliphatic rings. The molecule has 1 aliphatic heterocycles. The lowest BCUT2D eigenvalue weighted by molar-refractivity contribution is -0.120. The van der Waals surface area contributed by atoms with Crippen LogP contribution in [0.2, 0.25) is 0 Å². The van der Waals surface area contributed by atoms with Crippen LogP contribution >= 0.6 is 0 Å². The molecule has 0 spiro atoms. The third kappa shape index (κ3) is 3.24. The van der Waals surface area contributed by atoms with E-state index in [1.807, 2.05) is 13.8 Å². The van der Waals surface area contributed by atoms with Crippen molar-refractivity contribution in [2.24, 2.45) is 5.92 Å². The Hall–Kier alpha value is -1.59. The molecule has 5 nitrogen and oxygen atoms in total. The van der Waals surface area contributed by atoms with Crippen LogP contribution in [0.3, 0.4) is 0 Å². The van der Waals surface area contributed by atoms with Crippen molar-refractivity contribution in [2.75, 3.05) is 25.1 Å². The zero-order valence-electron chi connectivity index (χ0n) is 11.3. The number of phenolic OH excluding ortho intramolecular Hbond substituents is 1. The molecular weight excluding hydrogens is 244 g/mol. The number of likely N-dealkylation sites (N-methyl/N-ethyl adjacent to an activating group) is 1. The highest BCUT2D eigenvalue weighted by molar-refractivity contribution is 5.94. The van der Waals surface area contributed by atoms with Crippen molar-refractivity contribution in [1.82, 2.24) is 5.32 Å². The molecule has 3 N–H and O–H groups in total. The monoisotopic (exact) mass is 264 g/mol. The number of amides is 1. The van der Waals surface area contributed by atoms with Gasteiger partial charge in [-0.2, -0.15) is 0 Å². The second-order valence-electron chi connectivity index (χ2n) is 4.82.